The highest BCUT2D eigenvalue weighted by atomic mass is 79.9. The summed E-state index contributed by atoms with van der Waals surface area (Å²) in [7, 11) is 0. The van der Waals surface area contributed by atoms with E-state index >= 15 is 0 Å². The van der Waals surface area contributed by atoms with Gasteiger partial charge in [0.05, 0.1) is 16.2 Å². The maximum absolute atomic E-state index is 12.3. The number of hydrogen-bond donors (Lipinski definition) is 1. The van der Waals surface area contributed by atoms with Crippen LogP contribution in [-0.4, -0.2) is 30.5 Å². The van der Waals surface area contributed by atoms with Crippen molar-refractivity contribution >= 4 is 33.4 Å². The van der Waals surface area contributed by atoms with Crippen LogP contribution >= 0.6 is 15.9 Å². The molecule has 0 aliphatic carbocycles. The van der Waals surface area contributed by atoms with E-state index in [-0.39, 0.29) is 5.91 Å². The fourth-order valence-corrected chi connectivity index (χ4v) is 2.44. The first-order valence-corrected chi connectivity index (χ1v) is 8.10. The Morgan fingerprint density at radius 3 is 2.96 bits per heavy atom. The van der Waals surface area contributed by atoms with E-state index in [1.54, 1.807) is 24.5 Å². The summed E-state index contributed by atoms with van der Waals surface area (Å²) >= 11 is 3.42. The standard InChI is InChI=1S/C15H15BrN6O/c1-2-3-6-12-19-13-11(16)9-18-22(13)15(20-12)21-14(23)10-5-4-7-17-8-10/h4-5,7-9H,2-3,6H2,1H3,(H,19,20,21,23). The summed E-state index contributed by atoms with van der Waals surface area (Å²) in [5, 5.41) is 6.98. The van der Waals surface area contributed by atoms with Crippen LogP contribution in [0.25, 0.3) is 5.65 Å². The van der Waals surface area contributed by atoms with Gasteiger partial charge in [-0.3, -0.25) is 15.1 Å². The Balaban J connectivity index is 1.96. The molecule has 23 heavy (non-hydrogen) atoms. The van der Waals surface area contributed by atoms with Crippen molar-refractivity contribution in [1.82, 2.24) is 24.6 Å². The zero-order chi connectivity index (χ0) is 16.2. The van der Waals surface area contributed by atoms with Gasteiger partial charge in [0, 0.05) is 18.8 Å². The zero-order valence-electron chi connectivity index (χ0n) is 12.5. The lowest BCUT2D eigenvalue weighted by Crippen LogP contribution is -2.18. The number of aromatic nitrogens is 5. The summed E-state index contributed by atoms with van der Waals surface area (Å²) in [6, 6.07) is 3.40. The second-order valence-corrected chi connectivity index (χ2v) is 5.85. The molecule has 0 unspecified atom stereocenters. The van der Waals surface area contributed by atoms with E-state index in [0.29, 0.717) is 23.0 Å². The number of anilines is 1. The maximum Gasteiger partial charge on any atom is 0.259 e. The molecule has 0 aliphatic rings. The molecule has 3 heterocycles. The number of unbranched alkanes of at least 4 members (excludes halogenated alkanes) is 1. The van der Waals surface area contributed by atoms with Crippen LogP contribution < -0.4 is 5.32 Å². The smallest absolute Gasteiger partial charge is 0.259 e. The molecule has 3 aromatic heterocycles. The Labute approximate surface area is 141 Å². The molecule has 0 aliphatic heterocycles. The summed E-state index contributed by atoms with van der Waals surface area (Å²) in [4.78, 5) is 25.2. The lowest BCUT2D eigenvalue weighted by Gasteiger charge is -2.08. The van der Waals surface area contributed by atoms with Crippen molar-refractivity contribution in [2.24, 2.45) is 0 Å². The molecule has 1 amide bonds. The Morgan fingerprint density at radius 2 is 2.22 bits per heavy atom. The normalized spacial score (nSPS) is 10.9. The molecule has 0 radical (unpaired) electrons. The van der Waals surface area contributed by atoms with Crippen molar-refractivity contribution in [3.63, 3.8) is 0 Å². The van der Waals surface area contributed by atoms with E-state index in [0.717, 1.165) is 23.7 Å². The van der Waals surface area contributed by atoms with E-state index in [4.69, 9.17) is 0 Å². The summed E-state index contributed by atoms with van der Waals surface area (Å²) < 4.78 is 2.27. The van der Waals surface area contributed by atoms with Crippen LogP contribution in [-0.2, 0) is 6.42 Å². The number of nitrogens with one attached hydrogen (secondary N) is 1. The Kier molecular flexibility index (Phi) is 4.61. The summed E-state index contributed by atoms with van der Waals surface area (Å²) in [5.74, 6) is 0.744. The van der Waals surface area contributed by atoms with Gasteiger partial charge < -0.3 is 0 Å². The fraction of sp³-hybridized carbons (Fsp3) is 0.267. The maximum atomic E-state index is 12.3. The van der Waals surface area contributed by atoms with Crippen molar-refractivity contribution in [1.29, 1.82) is 0 Å². The molecular formula is C15H15BrN6O. The average molecular weight is 375 g/mol. The van der Waals surface area contributed by atoms with Gasteiger partial charge in [0.1, 0.15) is 5.82 Å². The number of halogens is 1. The van der Waals surface area contributed by atoms with Gasteiger partial charge in [-0.25, -0.2) is 4.98 Å². The third-order valence-electron chi connectivity index (χ3n) is 3.27. The number of rotatable bonds is 5. The first-order valence-electron chi connectivity index (χ1n) is 7.30. The largest absolute Gasteiger partial charge is 0.290 e. The van der Waals surface area contributed by atoms with Crippen molar-refractivity contribution in [3.05, 3.63) is 46.6 Å². The first kappa shape index (κ1) is 15.5. The predicted molar refractivity (Wildman–Crippen MR) is 89.3 cm³/mol. The fourth-order valence-electron chi connectivity index (χ4n) is 2.09. The van der Waals surface area contributed by atoms with Crippen LogP contribution in [0.15, 0.2) is 35.2 Å². The van der Waals surface area contributed by atoms with E-state index in [2.05, 4.69) is 48.2 Å². The lowest BCUT2D eigenvalue weighted by molar-refractivity contribution is 0.102. The van der Waals surface area contributed by atoms with Gasteiger partial charge in [-0.2, -0.15) is 14.6 Å². The number of pyridine rings is 1. The van der Waals surface area contributed by atoms with Crippen molar-refractivity contribution in [2.75, 3.05) is 5.32 Å². The third-order valence-corrected chi connectivity index (χ3v) is 3.83. The number of fused-ring (bicyclic) bond motifs is 1. The Hall–Kier alpha value is -2.35. The lowest BCUT2D eigenvalue weighted by atomic mass is 10.2. The summed E-state index contributed by atoms with van der Waals surface area (Å²) in [6.45, 7) is 2.11. The minimum atomic E-state index is -0.286. The predicted octanol–water partition coefficient (Wildman–Crippen LogP) is 2.88. The molecule has 0 aromatic carbocycles. The van der Waals surface area contributed by atoms with Gasteiger partial charge in [-0.05, 0) is 34.5 Å². The molecule has 118 valence electrons. The van der Waals surface area contributed by atoms with E-state index in [1.807, 2.05) is 0 Å². The van der Waals surface area contributed by atoms with Gasteiger partial charge >= 0.3 is 0 Å². The number of carbonyl (C=O) groups excluding carboxylic acids is 1. The molecule has 7 nitrogen and oxygen atoms in total. The molecular weight excluding hydrogens is 360 g/mol. The van der Waals surface area contributed by atoms with E-state index in [1.165, 1.54) is 10.7 Å². The van der Waals surface area contributed by atoms with Gasteiger partial charge in [0.2, 0.25) is 5.95 Å². The van der Waals surface area contributed by atoms with Crippen LogP contribution in [0.3, 0.4) is 0 Å². The van der Waals surface area contributed by atoms with E-state index < -0.39 is 0 Å². The first-order chi connectivity index (χ1) is 11.2. The van der Waals surface area contributed by atoms with Crippen LogP contribution in [0.4, 0.5) is 5.95 Å². The molecule has 0 fully saturated rings. The highest BCUT2D eigenvalue weighted by molar-refractivity contribution is 9.10. The molecule has 8 heteroatoms. The minimum Gasteiger partial charge on any atom is -0.290 e. The quantitative estimate of drug-likeness (QED) is 0.741. The number of carbonyl (C=O) groups is 1. The molecule has 0 spiro atoms. The van der Waals surface area contributed by atoms with Crippen molar-refractivity contribution in [2.45, 2.75) is 26.2 Å². The zero-order valence-corrected chi connectivity index (χ0v) is 14.1. The van der Waals surface area contributed by atoms with Crippen molar-refractivity contribution in [3.8, 4) is 0 Å². The second kappa shape index (κ2) is 6.82. The van der Waals surface area contributed by atoms with Crippen LogP contribution in [0.5, 0.6) is 0 Å². The molecule has 3 rings (SSSR count). The van der Waals surface area contributed by atoms with Gasteiger partial charge in [0.25, 0.3) is 5.91 Å². The highest BCUT2D eigenvalue weighted by Crippen LogP contribution is 2.19. The van der Waals surface area contributed by atoms with Crippen LogP contribution in [0.1, 0.15) is 35.9 Å². The van der Waals surface area contributed by atoms with Gasteiger partial charge in [0.15, 0.2) is 5.65 Å². The molecule has 1 N–H and O–H groups in total. The summed E-state index contributed by atoms with van der Waals surface area (Å²) in [5.41, 5.74) is 1.09. The third kappa shape index (κ3) is 3.37. The number of nitrogens with zero attached hydrogens (tertiary/aromatic N) is 5. The van der Waals surface area contributed by atoms with Gasteiger partial charge in [-0.15, -0.1) is 0 Å². The summed E-state index contributed by atoms with van der Waals surface area (Å²) in [6.07, 6.45) is 7.54. The number of hydrogen-bond acceptors (Lipinski definition) is 5. The molecule has 0 saturated heterocycles. The molecule has 0 saturated carbocycles. The van der Waals surface area contributed by atoms with Crippen LogP contribution in [0.2, 0.25) is 0 Å². The Bertz CT molecular complexity index is 833. The van der Waals surface area contributed by atoms with Crippen molar-refractivity contribution < 1.29 is 4.79 Å². The highest BCUT2D eigenvalue weighted by Gasteiger charge is 2.14. The monoisotopic (exact) mass is 374 g/mol. The second-order valence-electron chi connectivity index (χ2n) is 4.99. The van der Waals surface area contributed by atoms with E-state index in [9.17, 15) is 4.79 Å². The van der Waals surface area contributed by atoms with Crippen LogP contribution in [0, 0.1) is 0 Å². The molecule has 3 aromatic rings. The van der Waals surface area contributed by atoms with Gasteiger partial charge in [-0.1, -0.05) is 13.3 Å². The minimum absolute atomic E-state index is 0.286. The molecule has 0 bridgehead atoms. The SMILES string of the molecule is CCCCc1nc(NC(=O)c2cccnc2)n2ncc(Br)c2n1. The number of amides is 1. The molecule has 0 atom stereocenters. The Morgan fingerprint density at radius 1 is 1.35 bits per heavy atom. The topological polar surface area (TPSA) is 85.1 Å². The number of aryl methyl sites for hydroxylation is 1. The average Bonchev–Trinajstić information content (AvgIpc) is 2.95.